The van der Waals surface area contributed by atoms with Crippen molar-refractivity contribution >= 4 is 17.4 Å². The molecule has 2 aromatic rings. The van der Waals surface area contributed by atoms with E-state index in [1.54, 1.807) is 25.1 Å². The van der Waals surface area contributed by atoms with Crippen molar-refractivity contribution in [2.24, 2.45) is 0 Å². The molecule has 2 aromatic carbocycles. The molecule has 130 valence electrons. The van der Waals surface area contributed by atoms with Gasteiger partial charge in [-0.25, -0.2) is 0 Å². The highest BCUT2D eigenvalue weighted by molar-refractivity contribution is 6.13. The first-order chi connectivity index (χ1) is 11.9. The van der Waals surface area contributed by atoms with E-state index in [1.165, 1.54) is 32.4 Å². The molecule has 0 bridgehead atoms. The Labute approximate surface area is 144 Å². The van der Waals surface area contributed by atoms with E-state index in [9.17, 15) is 19.7 Å². The lowest BCUT2D eigenvalue weighted by Crippen LogP contribution is -2.10. The van der Waals surface area contributed by atoms with Crippen molar-refractivity contribution in [3.05, 3.63) is 68.8 Å². The van der Waals surface area contributed by atoms with Crippen LogP contribution < -0.4 is 4.74 Å². The zero-order valence-electron chi connectivity index (χ0n) is 14.1. The van der Waals surface area contributed by atoms with Crippen molar-refractivity contribution in [2.45, 2.75) is 13.3 Å². The first kappa shape index (κ1) is 18.1. The summed E-state index contributed by atoms with van der Waals surface area (Å²) in [5.41, 5.74) is 1.06. The Morgan fingerprint density at radius 2 is 1.80 bits per heavy atom. The predicted octanol–water partition coefficient (Wildman–Crippen LogP) is 2.86. The maximum Gasteiger partial charge on any atom is 0.309 e. The number of carbonyl (C=O) groups excluding carboxylic acids is 2. The Kier molecular flexibility index (Phi) is 5.49. The highest BCUT2D eigenvalue weighted by Gasteiger charge is 2.24. The Hall–Kier alpha value is -3.22. The number of hydrogen-bond acceptors (Lipinski definition) is 6. The fourth-order valence-corrected chi connectivity index (χ4v) is 2.41. The van der Waals surface area contributed by atoms with Crippen LogP contribution in [0.25, 0.3) is 0 Å². The van der Waals surface area contributed by atoms with Gasteiger partial charge in [0.15, 0.2) is 0 Å². The molecule has 0 aliphatic heterocycles. The zero-order chi connectivity index (χ0) is 18.6. The second-order valence-corrected chi connectivity index (χ2v) is 5.39. The monoisotopic (exact) mass is 343 g/mol. The molecule has 0 aliphatic rings. The van der Waals surface area contributed by atoms with Crippen molar-refractivity contribution < 1.29 is 24.0 Å². The first-order valence-electron chi connectivity index (χ1n) is 7.40. The van der Waals surface area contributed by atoms with Gasteiger partial charge in [-0.2, -0.15) is 0 Å². The quantitative estimate of drug-likeness (QED) is 0.346. The SMILES string of the molecule is COC(=O)Cc1ccc(OC)c(C(=O)c2ccc(C)cc2[N+](=O)[O-])c1. The van der Waals surface area contributed by atoms with E-state index in [0.717, 1.165) is 0 Å². The molecule has 2 rings (SSSR count). The second-order valence-electron chi connectivity index (χ2n) is 5.39. The molecule has 0 aliphatic carbocycles. The number of nitro benzene ring substituents is 1. The van der Waals surface area contributed by atoms with Crippen LogP contribution in [-0.4, -0.2) is 30.9 Å². The van der Waals surface area contributed by atoms with E-state index >= 15 is 0 Å². The number of nitro groups is 1. The highest BCUT2D eigenvalue weighted by Crippen LogP contribution is 2.28. The van der Waals surface area contributed by atoms with Crippen molar-refractivity contribution in [2.75, 3.05) is 14.2 Å². The van der Waals surface area contributed by atoms with Crippen molar-refractivity contribution in [3.63, 3.8) is 0 Å². The smallest absolute Gasteiger partial charge is 0.309 e. The molecular formula is C18H17NO6. The van der Waals surface area contributed by atoms with Crippen molar-refractivity contribution in [3.8, 4) is 5.75 Å². The minimum Gasteiger partial charge on any atom is -0.496 e. The number of aryl methyl sites for hydroxylation is 1. The summed E-state index contributed by atoms with van der Waals surface area (Å²) in [5, 5.41) is 11.3. The van der Waals surface area contributed by atoms with Gasteiger partial charge in [0, 0.05) is 6.07 Å². The molecule has 0 unspecified atom stereocenters. The van der Waals surface area contributed by atoms with Gasteiger partial charge >= 0.3 is 5.97 Å². The minimum absolute atomic E-state index is 0.0171. The number of esters is 1. The van der Waals surface area contributed by atoms with Crippen LogP contribution in [-0.2, 0) is 16.0 Å². The number of benzene rings is 2. The number of carbonyl (C=O) groups is 2. The highest BCUT2D eigenvalue weighted by atomic mass is 16.6. The van der Waals surface area contributed by atoms with Crippen LogP contribution in [0, 0.1) is 17.0 Å². The zero-order valence-corrected chi connectivity index (χ0v) is 14.1. The fraction of sp³-hybridized carbons (Fsp3) is 0.222. The van der Waals surface area contributed by atoms with Gasteiger partial charge in [0.1, 0.15) is 11.3 Å². The standard InChI is InChI=1S/C18H17NO6/c1-11-4-6-13(15(8-11)19(22)23)18(21)14-9-12(10-17(20)25-3)5-7-16(14)24-2/h4-9H,10H2,1-3H3. The Morgan fingerprint density at radius 1 is 1.08 bits per heavy atom. The van der Waals surface area contributed by atoms with E-state index in [4.69, 9.17) is 4.74 Å². The normalized spacial score (nSPS) is 10.2. The number of methoxy groups -OCH3 is 2. The second kappa shape index (κ2) is 7.57. The number of rotatable bonds is 6. The Bertz CT molecular complexity index is 843. The number of ketones is 1. The molecule has 0 aromatic heterocycles. The van der Waals surface area contributed by atoms with Crippen LogP contribution >= 0.6 is 0 Å². The van der Waals surface area contributed by atoms with E-state index < -0.39 is 16.7 Å². The van der Waals surface area contributed by atoms with Gasteiger partial charge in [0.05, 0.1) is 31.1 Å². The summed E-state index contributed by atoms with van der Waals surface area (Å²) in [4.78, 5) is 35.0. The minimum atomic E-state index is -0.592. The molecule has 0 radical (unpaired) electrons. The van der Waals surface area contributed by atoms with Crippen LogP contribution in [0.3, 0.4) is 0 Å². The Balaban J connectivity index is 2.53. The molecule has 0 atom stereocenters. The molecule has 0 fully saturated rings. The van der Waals surface area contributed by atoms with Gasteiger partial charge in [-0.1, -0.05) is 12.1 Å². The van der Waals surface area contributed by atoms with Gasteiger partial charge < -0.3 is 9.47 Å². The lowest BCUT2D eigenvalue weighted by Gasteiger charge is -2.10. The van der Waals surface area contributed by atoms with Gasteiger partial charge in [0.2, 0.25) is 5.78 Å². The summed E-state index contributed by atoms with van der Waals surface area (Å²) < 4.78 is 9.81. The molecule has 0 spiro atoms. The third-order valence-corrected chi connectivity index (χ3v) is 3.68. The van der Waals surface area contributed by atoms with Crippen LogP contribution in [0.5, 0.6) is 5.75 Å². The summed E-state index contributed by atoms with van der Waals surface area (Å²) in [6.07, 6.45) is -0.0171. The largest absolute Gasteiger partial charge is 0.496 e. The molecule has 7 heteroatoms. The molecule has 0 saturated heterocycles. The number of nitrogens with zero attached hydrogens (tertiary/aromatic N) is 1. The molecule has 25 heavy (non-hydrogen) atoms. The summed E-state index contributed by atoms with van der Waals surface area (Å²) in [6.45, 7) is 1.71. The average Bonchev–Trinajstić information content (AvgIpc) is 2.60. The van der Waals surface area contributed by atoms with E-state index in [0.29, 0.717) is 11.1 Å². The summed E-state index contributed by atoms with van der Waals surface area (Å²) in [6, 6.07) is 9.06. The van der Waals surface area contributed by atoms with E-state index in [2.05, 4.69) is 4.74 Å². The third-order valence-electron chi connectivity index (χ3n) is 3.68. The summed E-state index contributed by atoms with van der Waals surface area (Å²) in [5.74, 6) is -0.728. The Morgan fingerprint density at radius 3 is 2.40 bits per heavy atom. The average molecular weight is 343 g/mol. The third kappa shape index (κ3) is 4.00. The van der Waals surface area contributed by atoms with E-state index in [1.807, 2.05) is 0 Å². The molecule has 0 N–H and O–H groups in total. The molecular weight excluding hydrogens is 326 g/mol. The number of hydrogen-bond donors (Lipinski definition) is 0. The lowest BCUT2D eigenvalue weighted by atomic mass is 9.97. The van der Waals surface area contributed by atoms with Gasteiger partial charge in [0.25, 0.3) is 5.69 Å². The molecule has 0 amide bonds. The van der Waals surface area contributed by atoms with Gasteiger partial charge in [-0.05, 0) is 36.2 Å². The van der Waals surface area contributed by atoms with E-state index in [-0.39, 0.29) is 29.0 Å². The topological polar surface area (TPSA) is 95.7 Å². The molecule has 0 saturated carbocycles. The lowest BCUT2D eigenvalue weighted by molar-refractivity contribution is -0.385. The first-order valence-corrected chi connectivity index (χ1v) is 7.40. The van der Waals surface area contributed by atoms with Crippen LogP contribution in [0.2, 0.25) is 0 Å². The maximum absolute atomic E-state index is 12.9. The molecule has 0 heterocycles. The van der Waals surface area contributed by atoms with Crippen LogP contribution in [0.4, 0.5) is 5.69 Å². The van der Waals surface area contributed by atoms with Gasteiger partial charge in [-0.15, -0.1) is 0 Å². The van der Waals surface area contributed by atoms with Crippen LogP contribution in [0.1, 0.15) is 27.0 Å². The fourth-order valence-electron chi connectivity index (χ4n) is 2.41. The predicted molar refractivity (Wildman–Crippen MR) is 90.0 cm³/mol. The summed E-state index contributed by atoms with van der Waals surface area (Å²) in [7, 11) is 2.67. The summed E-state index contributed by atoms with van der Waals surface area (Å²) >= 11 is 0. The van der Waals surface area contributed by atoms with Gasteiger partial charge in [-0.3, -0.25) is 19.7 Å². The van der Waals surface area contributed by atoms with Crippen molar-refractivity contribution in [1.82, 2.24) is 0 Å². The maximum atomic E-state index is 12.9. The number of ether oxygens (including phenoxy) is 2. The molecule has 7 nitrogen and oxygen atoms in total. The van der Waals surface area contributed by atoms with Crippen LogP contribution in [0.15, 0.2) is 36.4 Å². The van der Waals surface area contributed by atoms with Crippen molar-refractivity contribution in [1.29, 1.82) is 0 Å².